The SMILES string of the molecule is CN1C(=O)Cc2cc(S(=O)(=O)NCCOc3cccc(F)c3)ccc21. The predicted octanol–water partition coefficient (Wildman–Crippen LogP) is 1.70. The summed E-state index contributed by atoms with van der Waals surface area (Å²) >= 11 is 0. The topological polar surface area (TPSA) is 75.7 Å². The highest BCUT2D eigenvalue weighted by molar-refractivity contribution is 7.89. The fourth-order valence-corrected chi connectivity index (χ4v) is 3.66. The van der Waals surface area contributed by atoms with Crippen molar-refractivity contribution in [3.05, 3.63) is 53.8 Å². The molecule has 2 aromatic carbocycles. The van der Waals surface area contributed by atoms with E-state index in [2.05, 4.69) is 4.72 Å². The molecular formula is C17H17FN2O4S. The highest BCUT2D eigenvalue weighted by atomic mass is 32.2. The van der Waals surface area contributed by atoms with Gasteiger partial charge in [0.25, 0.3) is 0 Å². The lowest BCUT2D eigenvalue weighted by Crippen LogP contribution is -2.28. The van der Waals surface area contributed by atoms with Crippen LogP contribution in [0.2, 0.25) is 0 Å². The quantitative estimate of drug-likeness (QED) is 0.792. The molecule has 1 aliphatic heterocycles. The lowest BCUT2D eigenvalue weighted by atomic mass is 10.2. The van der Waals surface area contributed by atoms with Crippen LogP contribution in [0.15, 0.2) is 47.4 Å². The van der Waals surface area contributed by atoms with E-state index < -0.39 is 15.8 Å². The smallest absolute Gasteiger partial charge is 0.240 e. The number of halogens is 1. The van der Waals surface area contributed by atoms with Crippen molar-refractivity contribution in [1.82, 2.24) is 4.72 Å². The summed E-state index contributed by atoms with van der Waals surface area (Å²) in [4.78, 5) is 13.3. The maximum Gasteiger partial charge on any atom is 0.240 e. The number of nitrogens with zero attached hydrogens (tertiary/aromatic N) is 1. The zero-order valence-electron chi connectivity index (χ0n) is 13.5. The third-order valence-electron chi connectivity index (χ3n) is 3.90. The second kappa shape index (κ2) is 6.81. The first-order valence-electron chi connectivity index (χ1n) is 7.64. The number of hydrogen-bond donors (Lipinski definition) is 1. The van der Waals surface area contributed by atoms with Crippen LogP contribution < -0.4 is 14.4 Å². The Morgan fingerprint density at radius 1 is 1.24 bits per heavy atom. The first-order valence-corrected chi connectivity index (χ1v) is 9.13. The Labute approximate surface area is 145 Å². The second-order valence-corrected chi connectivity index (χ2v) is 7.39. The number of likely N-dealkylation sites (N-methyl/N-ethyl adjacent to an activating group) is 1. The van der Waals surface area contributed by atoms with Crippen LogP contribution >= 0.6 is 0 Å². The van der Waals surface area contributed by atoms with Gasteiger partial charge in [0.05, 0.1) is 11.3 Å². The minimum absolute atomic E-state index is 0.0365. The molecular weight excluding hydrogens is 347 g/mol. The molecule has 25 heavy (non-hydrogen) atoms. The van der Waals surface area contributed by atoms with Crippen molar-refractivity contribution in [3.8, 4) is 5.75 Å². The molecule has 0 atom stereocenters. The van der Waals surface area contributed by atoms with Gasteiger partial charge in [-0.15, -0.1) is 0 Å². The zero-order valence-corrected chi connectivity index (χ0v) is 14.3. The minimum Gasteiger partial charge on any atom is -0.492 e. The van der Waals surface area contributed by atoms with E-state index in [1.54, 1.807) is 19.2 Å². The summed E-state index contributed by atoms with van der Waals surface area (Å²) in [6, 6.07) is 10.2. The van der Waals surface area contributed by atoms with Gasteiger partial charge in [0.2, 0.25) is 15.9 Å². The van der Waals surface area contributed by atoms with Crippen LogP contribution in [0, 0.1) is 5.82 Å². The lowest BCUT2D eigenvalue weighted by Gasteiger charge is -2.12. The Morgan fingerprint density at radius 3 is 2.80 bits per heavy atom. The van der Waals surface area contributed by atoms with Crippen molar-refractivity contribution in [2.45, 2.75) is 11.3 Å². The van der Waals surface area contributed by atoms with E-state index in [1.165, 1.54) is 35.2 Å². The first-order chi connectivity index (χ1) is 11.9. The summed E-state index contributed by atoms with van der Waals surface area (Å²) in [6.07, 6.45) is 0.192. The van der Waals surface area contributed by atoms with Crippen LogP contribution in [-0.2, 0) is 21.2 Å². The molecule has 0 aromatic heterocycles. The summed E-state index contributed by atoms with van der Waals surface area (Å²) in [7, 11) is -2.06. The average Bonchev–Trinajstić information content (AvgIpc) is 2.86. The normalized spacial score (nSPS) is 13.8. The fraction of sp³-hybridized carbons (Fsp3) is 0.235. The Morgan fingerprint density at radius 2 is 2.04 bits per heavy atom. The summed E-state index contributed by atoms with van der Waals surface area (Å²) in [5.41, 5.74) is 1.41. The van der Waals surface area contributed by atoms with Crippen molar-refractivity contribution in [1.29, 1.82) is 0 Å². The van der Waals surface area contributed by atoms with Crippen LogP contribution in [0.5, 0.6) is 5.75 Å². The van der Waals surface area contributed by atoms with Gasteiger partial charge in [-0.3, -0.25) is 4.79 Å². The molecule has 0 aliphatic carbocycles. The number of anilines is 1. The molecule has 6 nitrogen and oxygen atoms in total. The Hall–Kier alpha value is -2.45. The van der Waals surface area contributed by atoms with E-state index in [0.717, 1.165) is 5.69 Å². The van der Waals surface area contributed by atoms with Crippen LogP contribution in [0.25, 0.3) is 0 Å². The number of amides is 1. The summed E-state index contributed by atoms with van der Waals surface area (Å²) in [6.45, 7) is 0.101. The number of ether oxygens (including phenoxy) is 1. The molecule has 0 radical (unpaired) electrons. The summed E-state index contributed by atoms with van der Waals surface area (Å²) < 4.78 is 45.4. The van der Waals surface area contributed by atoms with E-state index >= 15 is 0 Å². The van der Waals surface area contributed by atoms with Gasteiger partial charge < -0.3 is 9.64 Å². The first kappa shape index (κ1) is 17.4. The lowest BCUT2D eigenvalue weighted by molar-refractivity contribution is -0.117. The van der Waals surface area contributed by atoms with Crippen molar-refractivity contribution < 1.29 is 22.3 Å². The van der Waals surface area contributed by atoms with Gasteiger partial charge in [-0.05, 0) is 35.9 Å². The van der Waals surface area contributed by atoms with Gasteiger partial charge in [-0.2, -0.15) is 0 Å². The van der Waals surface area contributed by atoms with E-state index in [9.17, 15) is 17.6 Å². The molecule has 1 N–H and O–H groups in total. The molecule has 132 valence electrons. The molecule has 1 heterocycles. The molecule has 0 unspecified atom stereocenters. The number of benzene rings is 2. The number of rotatable bonds is 6. The number of hydrogen-bond acceptors (Lipinski definition) is 4. The Kier molecular flexibility index (Phi) is 4.73. The average molecular weight is 364 g/mol. The standard InChI is InChI=1S/C17H17FN2O4S/c1-20-16-6-5-15(9-12(16)10-17(20)21)25(22,23)19-7-8-24-14-4-2-3-13(18)11-14/h2-6,9,11,19H,7-8,10H2,1H3. The minimum atomic E-state index is -3.71. The maximum absolute atomic E-state index is 13.0. The monoisotopic (exact) mass is 364 g/mol. The van der Waals surface area contributed by atoms with Gasteiger partial charge in [-0.25, -0.2) is 17.5 Å². The van der Waals surface area contributed by atoms with Crippen molar-refractivity contribution in [3.63, 3.8) is 0 Å². The van der Waals surface area contributed by atoms with Gasteiger partial charge >= 0.3 is 0 Å². The summed E-state index contributed by atoms with van der Waals surface area (Å²) in [5.74, 6) is -0.157. The van der Waals surface area contributed by atoms with Crippen LogP contribution in [0.3, 0.4) is 0 Å². The third-order valence-corrected chi connectivity index (χ3v) is 5.36. The van der Waals surface area contributed by atoms with E-state index in [1.807, 2.05) is 0 Å². The van der Waals surface area contributed by atoms with Crippen molar-refractivity contribution in [2.24, 2.45) is 0 Å². The largest absolute Gasteiger partial charge is 0.492 e. The number of carbonyl (C=O) groups excluding carboxylic acids is 1. The molecule has 0 saturated carbocycles. The maximum atomic E-state index is 13.0. The molecule has 3 rings (SSSR count). The molecule has 1 amide bonds. The van der Waals surface area contributed by atoms with Crippen molar-refractivity contribution in [2.75, 3.05) is 25.1 Å². The highest BCUT2D eigenvalue weighted by Gasteiger charge is 2.26. The van der Waals surface area contributed by atoms with Crippen LogP contribution in [0.1, 0.15) is 5.56 Å². The number of nitrogens with one attached hydrogen (secondary N) is 1. The third kappa shape index (κ3) is 3.80. The predicted molar refractivity (Wildman–Crippen MR) is 90.6 cm³/mol. The molecule has 0 spiro atoms. The van der Waals surface area contributed by atoms with Gasteiger partial charge in [0, 0.05) is 25.3 Å². The Bertz CT molecular complexity index is 915. The van der Waals surface area contributed by atoms with E-state index in [4.69, 9.17) is 4.74 Å². The van der Waals surface area contributed by atoms with Gasteiger partial charge in [0.15, 0.2) is 0 Å². The van der Waals surface area contributed by atoms with Crippen LogP contribution in [-0.4, -0.2) is 34.5 Å². The zero-order chi connectivity index (χ0) is 18.0. The molecule has 0 bridgehead atoms. The van der Waals surface area contributed by atoms with Crippen molar-refractivity contribution >= 4 is 21.6 Å². The number of fused-ring (bicyclic) bond motifs is 1. The molecule has 0 saturated heterocycles. The van der Waals surface area contributed by atoms with Gasteiger partial charge in [-0.1, -0.05) is 6.07 Å². The molecule has 2 aromatic rings. The van der Waals surface area contributed by atoms with E-state index in [0.29, 0.717) is 11.3 Å². The Balaban J connectivity index is 1.61. The van der Waals surface area contributed by atoms with Crippen LogP contribution in [0.4, 0.5) is 10.1 Å². The number of carbonyl (C=O) groups is 1. The fourth-order valence-electron chi connectivity index (χ4n) is 2.60. The molecule has 0 fully saturated rings. The van der Waals surface area contributed by atoms with E-state index in [-0.39, 0.29) is 30.4 Å². The number of sulfonamides is 1. The molecule has 8 heteroatoms. The molecule has 1 aliphatic rings. The van der Waals surface area contributed by atoms with Gasteiger partial charge in [0.1, 0.15) is 18.2 Å². The second-order valence-electron chi connectivity index (χ2n) is 5.62. The summed E-state index contributed by atoms with van der Waals surface area (Å²) in [5, 5.41) is 0. The highest BCUT2D eigenvalue weighted by Crippen LogP contribution is 2.29.